The van der Waals surface area contributed by atoms with Crippen molar-refractivity contribution >= 4 is 11.9 Å². The minimum atomic E-state index is -4.77. The van der Waals surface area contributed by atoms with Gasteiger partial charge in [-0.25, -0.2) is 4.79 Å². The van der Waals surface area contributed by atoms with Gasteiger partial charge in [-0.15, -0.1) is 0 Å². The lowest BCUT2D eigenvalue weighted by Crippen LogP contribution is -2.38. The first-order valence-electron chi connectivity index (χ1n) is 7.04. The van der Waals surface area contributed by atoms with E-state index in [1.807, 2.05) is 0 Å². The van der Waals surface area contributed by atoms with Crippen LogP contribution in [-0.2, 0) is 27.0 Å². The van der Waals surface area contributed by atoms with Crippen molar-refractivity contribution < 1.29 is 40.7 Å². The van der Waals surface area contributed by atoms with Gasteiger partial charge in [-0.1, -0.05) is 6.07 Å². The van der Waals surface area contributed by atoms with E-state index in [1.54, 1.807) is 0 Å². The Morgan fingerprint density at radius 1 is 1.12 bits per heavy atom. The Morgan fingerprint density at radius 3 is 2.16 bits per heavy atom. The number of hydrogen-bond acceptors (Lipinski definition) is 3. The highest BCUT2D eigenvalue weighted by molar-refractivity contribution is 6.32. The zero-order chi connectivity index (χ0) is 19.4. The van der Waals surface area contributed by atoms with E-state index in [4.69, 9.17) is 0 Å². The third kappa shape index (κ3) is 6.28. The van der Waals surface area contributed by atoms with Gasteiger partial charge in [0.05, 0.1) is 5.56 Å². The summed E-state index contributed by atoms with van der Waals surface area (Å²) in [4.78, 5) is 24.1. The van der Waals surface area contributed by atoms with E-state index >= 15 is 0 Å². The smallest absolute Gasteiger partial charge is 0.422 e. The summed E-state index contributed by atoms with van der Waals surface area (Å²) in [5.74, 6) is -2.98. The van der Waals surface area contributed by atoms with Crippen LogP contribution in [0, 0.1) is 6.92 Å². The molecule has 25 heavy (non-hydrogen) atoms. The van der Waals surface area contributed by atoms with Gasteiger partial charge >= 0.3 is 24.2 Å². The quantitative estimate of drug-likeness (QED) is 0.463. The van der Waals surface area contributed by atoms with Crippen molar-refractivity contribution in [2.45, 2.75) is 32.7 Å². The van der Waals surface area contributed by atoms with Crippen molar-refractivity contribution in [3.05, 3.63) is 34.9 Å². The van der Waals surface area contributed by atoms with Crippen LogP contribution in [0.5, 0.6) is 0 Å². The summed E-state index contributed by atoms with van der Waals surface area (Å²) in [5, 5.41) is 0. The van der Waals surface area contributed by atoms with Gasteiger partial charge in [-0.3, -0.25) is 4.79 Å². The van der Waals surface area contributed by atoms with E-state index < -0.39 is 36.4 Å². The minimum Gasteiger partial charge on any atom is -0.449 e. The van der Waals surface area contributed by atoms with Crippen molar-refractivity contribution in [1.29, 1.82) is 0 Å². The molecule has 4 nitrogen and oxygen atoms in total. The van der Waals surface area contributed by atoms with Crippen molar-refractivity contribution in [2.24, 2.45) is 0 Å². The summed E-state index contributed by atoms with van der Waals surface area (Å²) >= 11 is 0. The molecule has 0 heterocycles. The molecule has 0 aliphatic rings. The Balaban J connectivity index is 2.85. The molecule has 1 aromatic carbocycles. The number of hydrogen-bond donors (Lipinski definition) is 0. The number of benzene rings is 1. The van der Waals surface area contributed by atoms with Crippen LogP contribution in [0.4, 0.5) is 26.3 Å². The normalized spacial score (nSPS) is 12.0. The molecular formula is C15H15F6NO3. The van der Waals surface area contributed by atoms with Gasteiger partial charge in [-0.05, 0) is 37.1 Å². The van der Waals surface area contributed by atoms with Crippen molar-refractivity contribution in [2.75, 3.05) is 13.2 Å². The predicted molar refractivity (Wildman–Crippen MR) is 74.3 cm³/mol. The standard InChI is InChI=1S/C15H15F6NO3/c1-3-22(12(23)13(24)25-8-14(16,17)18)7-10-4-5-11(6-9(10)2)15(19,20)21/h4-6H,3,7-8H2,1-2H3. The first-order valence-corrected chi connectivity index (χ1v) is 7.04. The Bertz CT molecular complexity index is 639. The number of amides is 1. The van der Waals surface area contributed by atoms with Crippen LogP contribution in [-0.4, -0.2) is 36.1 Å². The van der Waals surface area contributed by atoms with Gasteiger partial charge in [0, 0.05) is 13.1 Å². The van der Waals surface area contributed by atoms with Crippen LogP contribution in [0.15, 0.2) is 18.2 Å². The van der Waals surface area contributed by atoms with Crippen LogP contribution >= 0.6 is 0 Å². The van der Waals surface area contributed by atoms with Gasteiger partial charge in [0.25, 0.3) is 0 Å². The summed E-state index contributed by atoms with van der Waals surface area (Å²) in [7, 11) is 0. The molecule has 0 radical (unpaired) electrons. The van der Waals surface area contributed by atoms with Gasteiger partial charge < -0.3 is 9.64 Å². The molecule has 10 heteroatoms. The van der Waals surface area contributed by atoms with E-state index in [-0.39, 0.29) is 18.7 Å². The Hall–Kier alpha value is -2.26. The molecule has 0 unspecified atom stereocenters. The van der Waals surface area contributed by atoms with Crippen molar-refractivity contribution in [3.63, 3.8) is 0 Å². The molecule has 0 fully saturated rings. The Kier molecular flexibility index (Phi) is 6.44. The average molecular weight is 371 g/mol. The lowest BCUT2D eigenvalue weighted by Gasteiger charge is -2.21. The number of ether oxygens (including phenoxy) is 1. The maximum Gasteiger partial charge on any atom is 0.422 e. The topological polar surface area (TPSA) is 46.6 Å². The molecule has 0 bridgehead atoms. The first-order chi connectivity index (χ1) is 11.3. The lowest BCUT2D eigenvalue weighted by molar-refractivity contribution is -0.189. The summed E-state index contributed by atoms with van der Waals surface area (Å²) in [6.45, 7) is 0.689. The Morgan fingerprint density at radius 2 is 1.72 bits per heavy atom. The number of carbonyl (C=O) groups is 2. The van der Waals surface area contributed by atoms with Gasteiger partial charge in [0.2, 0.25) is 0 Å². The predicted octanol–water partition coefficient (Wildman–Crippen LogP) is 3.47. The second kappa shape index (κ2) is 7.75. The SMILES string of the molecule is CCN(Cc1ccc(C(F)(F)F)cc1C)C(=O)C(=O)OCC(F)(F)F. The summed E-state index contributed by atoms with van der Waals surface area (Å²) in [6, 6.07) is 2.85. The van der Waals surface area contributed by atoms with Gasteiger partial charge in [-0.2, -0.15) is 26.3 Å². The zero-order valence-electron chi connectivity index (χ0n) is 13.3. The van der Waals surface area contributed by atoms with E-state index in [0.29, 0.717) is 5.56 Å². The number of alkyl halides is 6. The number of esters is 1. The molecule has 0 saturated heterocycles. The number of halogens is 6. The van der Waals surface area contributed by atoms with Crippen molar-refractivity contribution in [1.82, 2.24) is 4.90 Å². The maximum atomic E-state index is 12.6. The highest BCUT2D eigenvalue weighted by atomic mass is 19.4. The Labute approximate surface area is 139 Å². The fourth-order valence-corrected chi connectivity index (χ4v) is 1.92. The molecule has 1 aromatic rings. The number of rotatable bonds is 4. The second-order valence-electron chi connectivity index (χ2n) is 5.15. The van der Waals surface area contributed by atoms with Crippen LogP contribution in [0.1, 0.15) is 23.6 Å². The molecule has 0 atom stereocenters. The average Bonchev–Trinajstić information content (AvgIpc) is 2.49. The highest BCUT2D eigenvalue weighted by Crippen LogP contribution is 2.30. The van der Waals surface area contributed by atoms with E-state index in [0.717, 1.165) is 23.1 Å². The zero-order valence-corrected chi connectivity index (χ0v) is 13.3. The van der Waals surface area contributed by atoms with Gasteiger partial charge in [0.15, 0.2) is 6.61 Å². The summed E-state index contributed by atoms with van der Waals surface area (Å²) in [5.41, 5.74) is -0.315. The number of aryl methyl sites for hydroxylation is 1. The van der Waals surface area contributed by atoms with Crippen LogP contribution in [0.2, 0.25) is 0 Å². The fourth-order valence-electron chi connectivity index (χ4n) is 1.92. The molecule has 0 N–H and O–H groups in total. The van der Waals surface area contributed by atoms with Crippen LogP contribution in [0.3, 0.4) is 0 Å². The molecule has 0 aromatic heterocycles. The van der Waals surface area contributed by atoms with E-state index in [2.05, 4.69) is 4.74 Å². The molecule has 0 aliphatic carbocycles. The van der Waals surface area contributed by atoms with Crippen LogP contribution < -0.4 is 0 Å². The third-order valence-electron chi connectivity index (χ3n) is 3.24. The minimum absolute atomic E-state index is 0.0413. The largest absolute Gasteiger partial charge is 0.449 e. The second-order valence-corrected chi connectivity index (χ2v) is 5.15. The molecule has 1 amide bonds. The monoisotopic (exact) mass is 371 g/mol. The molecule has 0 saturated carbocycles. The van der Waals surface area contributed by atoms with E-state index in [9.17, 15) is 35.9 Å². The molecule has 0 aliphatic heterocycles. The highest BCUT2D eigenvalue weighted by Gasteiger charge is 2.33. The molecule has 140 valence electrons. The van der Waals surface area contributed by atoms with Crippen molar-refractivity contribution in [3.8, 4) is 0 Å². The molecule has 1 rings (SSSR count). The lowest BCUT2D eigenvalue weighted by atomic mass is 10.0. The summed E-state index contributed by atoms with van der Waals surface area (Å²) in [6.07, 6.45) is -9.29. The molecular weight excluding hydrogens is 356 g/mol. The van der Waals surface area contributed by atoms with E-state index in [1.165, 1.54) is 13.8 Å². The van der Waals surface area contributed by atoms with Gasteiger partial charge in [0.1, 0.15) is 0 Å². The molecule has 0 spiro atoms. The number of nitrogens with zero attached hydrogens (tertiary/aromatic N) is 1. The number of likely N-dealkylation sites (N-methyl/N-ethyl adjacent to an activating group) is 1. The van der Waals surface area contributed by atoms with Crippen LogP contribution in [0.25, 0.3) is 0 Å². The third-order valence-corrected chi connectivity index (χ3v) is 3.24. The first kappa shape index (κ1) is 20.8. The number of carbonyl (C=O) groups excluding carboxylic acids is 2. The fraction of sp³-hybridized carbons (Fsp3) is 0.467. The summed E-state index contributed by atoms with van der Waals surface area (Å²) < 4.78 is 77.8. The maximum absolute atomic E-state index is 12.6.